The number of anilines is 1. The molecule has 0 aromatic heterocycles. The van der Waals surface area contributed by atoms with Crippen LogP contribution in [0.25, 0.3) is 0 Å². The summed E-state index contributed by atoms with van der Waals surface area (Å²) in [6.07, 6.45) is 2.24. The lowest BCUT2D eigenvalue weighted by molar-refractivity contribution is 0.0769. The monoisotopic (exact) mass is 330 g/mol. The topological polar surface area (TPSA) is 83.6 Å². The molecule has 2 unspecified atom stereocenters. The van der Waals surface area contributed by atoms with Gasteiger partial charge in [0, 0.05) is 12.1 Å². The largest absolute Gasteiger partial charge is 0.397 e. The molecule has 3 rings (SSSR count). The average Bonchev–Trinajstić information content (AvgIpc) is 2.69. The standard InChI is InChI=1S/C14H19ClN2O3S/c1-8-4-12(7-13(16)14(8)15)21(19,20)17-9-2-3-10(17)6-11(18)5-9/h4,7,9-11,18H,2-3,5-6,16H2,1H3. The van der Waals surface area contributed by atoms with Gasteiger partial charge in [0.2, 0.25) is 10.0 Å². The molecule has 0 amide bonds. The Balaban J connectivity index is 2.02. The molecular formula is C14H19ClN2O3S. The van der Waals surface area contributed by atoms with Gasteiger partial charge in [0.05, 0.1) is 21.7 Å². The number of halogens is 1. The van der Waals surface area contributed by atoms with Crippen LogP contribution in [0.4, 0.5) is 5.69 Å². The van der Waals surface area contributed by atoms with Crippen molar-refractivity contribution < 1.29 is 13.5 Å². The van der Waals surface area contributed by atoms with Crippen LogP contribution in [0.2, 0.25) is 5.02 Å². The molecule has 0 saturated carbocycles. The predicted molar refractivity (Wildman–Crippen MR) is 81.7 cm³/mol. The fourth-order valence-corrected chi connectivity index (χ4v) is 5.65. The Morgan fingerprint density at radius 3 is 2.38 bits per heavy atom. The van der Waals surface area contributed by atoms with Gasteiger partial charge in [-0.05, 0) is 50.3 Å². The second kappa shape index (κ2) is 5.12. The molecule has 3 N–H and O–H groups in total. The third-order valence-electron chi connectivity index (χ3n) is 4.47. The van der Waals surface area contributed by atoms with Gasteiger partial charge in [0.1, 0.15) is 0 Å². The van der Waals surface area contributed by atoms with Gasteiger partial charge in [-0.15, -0.1) is 0 Å². The molecule has 0 aliphatic carbocycles. The molecule has 7 heteroatoms. The van der Waals surface area contributed by atoms with Crippen LogP contribution in [0.5, 0.6) is 0 Å². The van der Waals surface area contributed by atoms with Crippen LogP contribution in [0.1, 0.15) is 31.2 Å². The van der Waals surface area contributed by atoms with Gasteiger partial charge in [0.15, 0.2) is 0 Å². The third kappa shape index (κ3) is 2.44. The molecule has 0 radical (unpaired) electrons. The quantitative estimate of drug-likeness (QED) is 0.811. The second-order valence-electron chi connectivity index (χ2n) is 5.99. The molecule has 2 aliphatic rings. The number of fused-ring (bicyclic) bond motifs is 2. The summed E-state index contributed by atoms with van der Waals surface area (Å²) < 4.78 is 27.4. The number of piperidine rings is 1. The zero-order valence-electron chi connectivity index (χ0n) is 11.8. The molecule has 2 aliphatic heterocycles. The van der Waals surface area contributed by atoms with E-state index >= 15 is 0 Å². The zero-order chi connectivity index (χ0) is 15.4. The van der Waals surface area contributed by atoms with E-state index in [1.54, 1.807) is 17.3 Å². The predicted octanol–water partition coefficient (Wildman–Crippen LogP) is 1.91. The first-order chi connectivity index (χ1) is 9.80. The molecule has 2 fully saturated rings. The van der Waals surface area contributed by atoms with E-state index in [-0.39, 0.29) is 22.7 Å². The summed E-state index contributed by atoms with van der Waals surface area (Å²) in [7, 11) is -3.60. The van der Waals surface area contributed by atoms with Crippen molar-refractivity contribution in [1.82, 2.24) is 4.31 Å². The Morgan fingerprint density at radius 2 is 1.86 bits per heavy atom. The molecule has 2 atom stereocenters. The van der Waals surface area contributed by atoms with E-state index in [2.05, 4.69) is 0 Å². The molecule has 2 bridgehead atoms. The van der Waals surface area contributed by atoms with Crippen LogP contribution in [0.15, 0.2) is 17.0 Å². The third-order valence-corrected chi connectivity index (χ3v) is 6.97. The number of rotatable bonds is 2. The highest BCUT2D eigenvalue weighted by Gasteiger charge is 2.46. The summed E-state index contributed by atoms with van der Waals surface area (Å²) in [5.41, 5.74) is 6.73. The van der Waals surface area contributed by atoms with Crippen molar-refractivity contribution >= 4 is 27.3 Å². The highest BCUT2D eigenvalue weighted by molar-refractivity contribution is 7.89. The van der Waals surface area contributed by atoms with Crippen molar-refractivity contribution in [3.05, 3.63) is 22.7 Å². The van der Waals surface area contributed by atoms with E-state index in [1.165, 1.54) is 6.07 Å². The van der Waals surface area contributed by atoms with Crippen LogP contribution in [-0.4, -0.2) is 36.0 Å². The van der Waals surface area contributed by atoms with Gasteiger partial charge >= 0.3 is 0 Å². The van der Waals surface area contributed by atoms with Crippen molar-refractivity contribution in [2.75, 3.05) is 5.73 Å². The minimum absolute atomic E-state index is 0.110. The van der Waals surface area contributed by atoms with E-state index in [1.807, 2.05) is 0 Å². The Labute approximate surface area is 129 Å². The van der Waals surface area contributed by atoms with Crippen molar-refractivity contribution in [3.63, 3.8) is 0 Å². The minimum Gasteiger partial charge on any atom is -0.397 e. The van der Waals surface area contributed by atoms with Crippen LogP contribution in [0, 0.1) is 6.92 Å². The summed E-state index contributed by atoms with van der Waals surface area (Å²) >= 11 is 6.01. The number of hydrogen-bond donors (Lipinski definition) is 2. The smallest absolute Gasteiger partial charge is 0.243 e. The Kier molecular flexibility index (Phi) is 3.68. The van der Waals surface area contributed by atoms with E-state index in [9.17, 15) is 13.5 Å². The van der Waals surface area contributed by atoms with Crippen LogP contribution in [0.3, 0.4) is 0 Å². The van der Waals surface area contributed by atoms with Crippen LogP contribution >= 0.6 is 11.6 Å². The summed E-state index contributed by atoms with van der Waals surface area (Å²) in [5.74, 6) is 0. The van der Waals surface area contributed by atoms with Crippen molar-refractivity contribution in [2.45, 2.75) is 55.7 Å². The van der Waals surface area contributed by atoms with Gasteiger partial charge in [-0.1, -0.05) is 11.6 Å². The van der Waals surface area contributed by atoms with Crippen molar-refractivity contribution in [2.24, 2.45) is 0 Å². The first-order valence-electron chi connectivity index (χ1n) is 7.08. The van der Waals surface area contributed by atoms with E-state index in [0.717, 1.165) is 12.8 Å². The summed E-state index contributed by atoms with van der Waals surface area (Å²) in [4.78, 5) is 0.190. The summed E-state index contributed by atoms with van der Waals surface area (Å²) in [5, 5.41) is 10.2. The van der Waals surface area contributed by atoms with Gasteiger partial charge in [-0.25, -0.2) is 8.42 Å². The molecule has 2 saturated heterocycles. The average molecular weight is 331 g/mol. The SMILES string of the molecule is Cc1cc(S(=O)(=O)N2C3CCC2CC(O)C3)cc(N)c1Cl. The Morgan fingerprint density at radius 1 is 1.29 bits per heavy atom. The molecule has 1 aromatic carbocycles. The number of hydrogen-bond acceptors (Lipinski definition) is 4. The van der Waals surface area contributed by atoms with Crippen LogP contribution < -0.4 is 5.73 Å². The number of nitrogens with zero attached hydrogens (tertiary/aromatic N) is 1. The number of aliphatic hydroxyl groups is 1. The van der Waals surface area contributed by atoms with Crippen LogP contribution in [-0.2, 0) is 10.0 Å². The number of aliphatic hydroxyl groups excluding tert-OH is 1. The van der Waals surface area contributed by atoms with E-state index in [0.29, 0.717) is 23.4 Å². The van der Waals surface area contributed by atoms with Gasteiger partial charge in [-0.3, -0.25) is 0 Å². The molecule has 116 valence electrons. The number of aryl methyl sites for hydroxylation is 1. The van der Waals surface area contributed by atoms with Crippen molar-refractivity contribution in [3.8, 4) is 0 Å². The lowest BCUT2D eigenvalue weighted by Crippen LogP contribution is -2.47. The number of sulfonamides is 1. The lowest BCUT2D eigenvalue weighted by Gasteiger charge is -2.36. The maximum absolute atomic E-state index is 12.9. The summed E-state index contributed by atoms with van der Waals surface area (Å²) in [6.45, 7) is 1.74. The molecule has 2 heterocycles. The minimum atomic E-state index is -3.60. The fourth-order valence-electron chi connectivity index (χ4n) is 3.53. The molecule has 21 heavy (non-hydrogen) atoms. The number of nitrogen functional groups attached to an aromatic ring is 1. The molecule has 1 aromatic rings. The Hall–Kier alpha value is -0.820. The lowest BCUT2D eigenvalue weighted by atomic mass is 10.0. The van der Waals surface area contributed by atoms with Crippen molar-refractivity contribution in [1.29, 1.82) is 0 Å². The second-order valence-corrected chi connectivity index (χ2v) is 8.21. The highest BCUT2D eigenvalue weighted by Crippen LogP contribution is 2.40. The first-order valence-corrected chi connectivity index (χ1v) is 8.89. The van der Waals surface area contributed by atoms with Gasteiger partial charge in [0.25, 0.3) is 0 Å². The van der Waals surface area contributed by atoms with E-state index < -0.39 is 16.1 Å². The zero-order valence-corrected chi connectivity index (χ0v) is 13.4. The highest BCUT2D eigenvalue weighted by atomic mass is 35.5. The van der Waals surface area contributed by atoms with Gasteiger partial charge in [-0.2, -0.15) is 4.31 Å². The first kappa shape index (κ1) is 15.1. The van der Waals surface area contributed by atoms with E-state index in [4.69, 9.17) is 17.3 Å². The maximum Gasteiger partial charge on any atom is 0.243 e. The molecule has 0 spiro atoms. The fraction of sp³-hybridized carbons (Fsp3) is 0.571. The Bertz CT molecular complexity index is 640. The van der Waals surface area contributed by atoms with Gasteiger partial charge < -0.3 is 10.8 Å². The number of nitrogens with two attached hydrogens (primary N) is 1. The number of benzene rings is 1. The summed E-state index contributed by atoms with van der Waals surface area (Å²) in [6, 6.07) is 2.77. The maximum atomic E-state index is 12.9. The molecular weight excluding hydrogens is 312 g/mol. The molecule has 5 nitrogen and oxygen atoms in total. The normalized spacial score (nSPS) is 29.8.